The zero-order chi connectivity index (χ0) is 19.6. The number of para-hydroxylation sites is 1. The number of hydrogen-bond donors (Lipinski definition) is 1. The Morgan fingerprint density at radius 1 is 1.22 bits per heavy atom. The van der Waals surface area contributed by atoms with E-state index >= 15 is 0 Å². The summed E-state index contributed by atoms with van der Waals surface area (Å²) in [5.41, 5.74) is 3.72. The second-order valence-corrected chi connectivity index (χ2v) is 9.20. The molecule has 1 aliphatic heterocycles. The summed E-state index contributed by atoms with van der Waals surface area (Å²) >= 11 is 0. The maximum Gasteiger partial charge on any atom is 0.255 e. The van der Waals surface area contributed by atoms with E-state index < -0.39 is 9.84 Å². The van der Waals surface area contributed by atoms with Crippen LogP contribution < -0.4 is 5.32 Å². The van der Waals surface area contributed by atoms with Gasteiger partial charge in [0.25, 0.3) is 5.91 Å². The number of carbonyl (C=O) groups excluding carboxylic acids is 1. The molecule has 1 fully saturated rings. The third-order valence-electron chi connectivity index (χ3n) is 5.00. The summed E-state index contributed by atoms with van der Waals surface area (Å²) in [5, 5.41) is 3.30. The fourth-order valence-corrected chi connectivity index (χ4v) is 5.22. The maximum atomic E-state index is 12.8. The van der Waals surface area contributed by atoms with Gasteiger partial charge in [-0.05, 0) is 50.5 Å². The van der Waals surface area contributed by atoms with Crippen molar-refractivity contribution in [3.63, 3.8) is 0 Å². The molecular formula is C20H25N3O3S. The number of nitrogens with one attached hydrogen (secondary N) is 1. The molecule has 6 nitrogen and oxygen atoms in total. The summed E-state index contributed by atoms with van der Waals surface area (Å²) in [6, 6.07) is 9.33. The molecule has 1 amide bonds. The monoisotopic (exact) mass is 387 g/mol. The Hall–Kier alpha value is -2.41. The van der Waals surface area contributed by atoms with Gasteiger partial charge in [-0.3, -0.25) is 4.79 Å². The molecule has 1 atom stereocenters. The van der Waals surface area contributed by atoms with Crippen LogP contribution in [0.15, 0.2) is 36.5 Å². The van der Waals surface area contributed by atoms with Gasteiger partial charge in [-0.15, -0.1) is 0 Å². The molecule has 2 aromatic rings. The topological polar surface area (TPSA) is 79.4 Å². The Kier molecular flexibility index (Phi) is 5.51. The van der Waals surface area contributed by atoms with Crippen LogP contribution in [-0.4, -0.2) is 48.3 Å². The first-order chi connectivity index (χ1) is 12.8. The van der Waals surface area contributed by atoms with E-state index in [1.54, 1.807) is 23.2 Å². The number of hydrogen-bond acceptors (Lipinski definition) is 5. The number of aryl methyl sites for hydroxylation is 2. The lowest BCUT2D eigenvalue weighted by molar-refractivity contribution is 0.0708. The Bertz CT molecular complexity index is 919. The number of benzene rings is 1. The van der Waals surface area contributed by atoms with Gasteiger partial charge in [0.15, 0.2) is 9.84 Å². The molecule has 1 aliphatic rings. The van der Waals surface area contributed by atoms with Gasteiger partial charge in [-0.1, -0.05) is 18.2 Å². The molecular weight excluding hydrogens is 362 g/mol. The van der Waals surface area contributed by atoms with Crippen LogP contribution in [0.3, 0.4) is 0 Å². The van der Waals surface area contributed by atoms with Crippen LogP contribution in [0.5, 0.6) is 0 Å². The van der Waals surface area contributed by atoms with Crippen LogP contribution in [0.2, 0.25) is 0 Å². The van der Waals surface area contributed by atoms with Crippen molar-refractivity contribution in [1.82, 2.24) is 9.88 Å². The Balaban J connectivity index is 1.75. The quantitative estimate of drug-likeness (QED) is 0.853. The zero-order valence-electron chi connectivity index (χ0n) is 15.9. The fourth-order valence-electron chi connectivity index (χ4n) is 3.49. The maximum absolute atomic E-state index is 12.8. The lowest BCUT2D eigenvalue weighted by Gasteiger charge is -2.26. The van der Waals surface area contributed by atoms with E-state index in [1.165, 1.54) is 0 Å². The first-order valence-corrected chi connectivity index (χ1v) is 10.9. The minimum absolute atomic E-state index is 0.0478. The minimum Gasteiger partial charge on any atom is -0.340 e. The summed E-state index contributed by atoms with van der Waals surface area (Å²) in [7, 11) is -3.04. The van der Waals surface area contributed by atoms with Crippen LogP contribution >= 0.6 is 0 Å². The van der Waals surface area contributed by atoms with Gasteiger partial charge < -0.3 is 10.2 Å². The smallest absolute Gasteiger partial charge is 0.255 e. The molecule has 1 aromatic carbocycles. The van der Waals surface area contributed by atoms with Crippen molar-refractivity contribution < 1.29 is 13.2 Å². The number of nitrogens with zero attached hydrogens (tertiary/aromatic N) is 2. The third-order valence-corrected chi connectivity index (χ3v) is 6.75. The van der Waals surface area contributed by atoms with Gasteiger partial charge in [-0.25, -0.2) is 13.4 Å². The van der Waals surface area contributed by atoms with Gasteiger partial charge >= 0.3 is 0 Å². The average Bonchev–Trinajstić information content (AvgIpc) is 2.99. The Labute approximate surface area is 160 Å². The molecule has 1 saturated heterocycles. The van der Waals surface area contributed by atoms with Crippen LogP contribution in [0.4, 0.5) is 11.5 Å². The highest BCUT2D eigenvalue weighted by Gasteiger charge is 2.34. The van der Waals surface area contributed by atoms with Gasteiger partial charge in [-0.2, -0.15) is 0 Å². The highest BCUT2D eigenvalue weighted by molar-refractivity contribution is 7.91. The summed E-state index contributed by atoms with van der Waals surface area (Å²) in [5.74, 6) is 0.686. The first-order valence-electron chi connectivity index (χ1n) is 9.11. The van der Waals surface area contributed by atoms with E-state index in [0.29, 0.717) is 24.3 Å². The molecule has 7 heteroatoms. The van der Waals surface area contributed by atoms with E-state index in [4.69, 9.17) is 0 Å². The van der Waals surface area contributed by atoms with Crippen molar-refractivity contribution in [2.75, 3.05) is 23.4 Å². The van der Waals surface area contributed by atoms with Crippen LogP contribution in [0, 0.1) is 13.8 Å². The molecule has 144 valence electrons. The van der Waals surface area contributed by atoms with Crippen molar-refractivity contribution in [1.29, 1.82) is 0 Å². The Morgan fingerprint density at radius 2 is 1.93 bits per heavy atom. The molecule has 3 rings (SSSR count). The van der Waals surface area contributed by atoms with E-state index in [1.807, 2.05) is 39.0 Å². The number of rotatable bonds is 5. The van der Waals surface area contributed by atoms with Crippen LogP contribution in [0.1, 0.15) is 34.8 Å². The van der Waals surface area contributed by atoms with Gasteiger partial charge in [0.1, 0.15) is 5.82 Å². The van der Waals surface area contributed by atoms with Gasteiger partial charge in [0, 0.05) is 24.5 Å². The Morgan fingerprint density at radius 3 is 2.44 bits per heavy atom. The number of aromatic nitrogens is 1. The number of anilines is 2. The van der Waals surface area contributed by atoms with Gasteiger partial charge in [0.2, 0.25) is 0 Å². The van der Waals surface area contributed by atoms with E-state index in [9.17, 15) is 13.2 Å². The van der Waals surface area contributed by atoms with E-state index in [-0.39, 0.29) is 23.5 Å². The van der Waals surface area contributed by atoms with E-state index in [0.717, 1.165) is 16.8 Å². The van der Waals surface area contributed by atoms with Crippen LogP contribution in [-0.2, 0) is 9.84 Å². The molecule has 0 spiro atoms. The largest absolute Gasteiger partial charge is 0.340 e. The molecule has 1 N–H and O–H groups in total. The zero-order valence-corrected chi connectivity index (χ0v) is 16.7. The standard InChI is InChI=1S/C20H25N3O3S/c1-4-23(17-10-11-27(25,26)13-17)20(24)16-8-9-18(21-12-16)22-19-14(2)6-5-7-15(19)3/h5-9,12,17H,4,10-11,13H2,1-3H3,(H,21,22). The second kappa shape index (κ2) is 7.68. The van der Waals surface area contributed by atoms with Crippen molar-refractivity contribution in [3.05, 3.63) is 53.2 Å². The molecule has 0 saturated carbocycles. The second-order valence-electron chi connectivity index (χ2n) is 6.97. The summed E-state index contributed by atoms with van der Waals surface area (Å²) in [6.07, 6.45) is 2.05. The summed E-state index contributed by atoms with van der Waals surface area (Å²) < 4.78 is 23.5. The molecule has 1 aromatic heterocycles. The van der Waals surface area contributed by atoms with Crippen molar-refractivity contribution in [3.8, 4) is 0 Å². The molecule has 27 heavy (non-hydrogen) atoms. The lowest BCUT2D eigenvalue weighted by atomic mass is 10.1. The number of amides is 1. The number of carbonyl (C=O) groups is 1. The molecule has 0 bridgehead atoms. The van der Waals surface area contributed by atoms with E-state index in [2.05, 4.69) is 10.3 Å². The normalized spacial score (nSPS) is 18.3. The molecule has 2 heterocycles. The fraction of sp³-hybridized carbons (Fsp3) is 0.400. The van der Waals surface area contributed by atoms with Crippen molar-refractivity contribution in [2.24, 2.45) is 0 Å². The van der Waals surface area contributed by atoms with Crippen LogP contribution in [0.25, 0.3) is 0 Å². The highest BCUT2D eigenvalue weighted by atomic mass is 32.2. The number of sulfone groups is 1. The molecule has 1 unspecified atom stereocenters. The number of pyridine rings is 1. The predicted octanol–water partition coefficient (Wildman–Crippen LogP) is 3.09. The third kappa shape index (κ3) is 4.30. The van der Waals surface area contributed by atoms with Crippen molar-refractivity contribution in [2.45, 2.75) is 33.2 Å². The highest BCUT2D eigenvalue weighted by Crippen LogP contribution is 2.24. The SMILES string of the molecule is CCN(C(=O)c1ccc(Nc2c(C)cccc2C)nc1)C1CCS(=O)(=O)C1. The molecule has 0 aliphatic carbocycles. The average molecular weight is 388 g/mol. The summed E-state index contributed by atoms with van der Waals surface area (Å²) in [4.78, 5) is 18.8. The summed E-state index contributed by atoms with van der Waals surface area (Å²) in [6.45, 7) is 6.40. The molecule has 0 radical (unpaired) electrons. The first kappa shape index (κ1) is 19.4. The predicted molar refractivity (Wildman–Crippen MR) is 107 cm³/mol. The lowest BCUT2D eigenvalue weighted by Crippen LogP contribution is -2.41. The minimum atomic E-state index is -3.04. The van der Waals surface area contributed by atoms with Crippen molar-refractivity contribution >= 4 is 27.2 Å². The van der Waals surface area contributed by atoms with Gasteiger partial charge in [0.05, 0.1) is 17.1 Å².